The standard InChI is InChI=1S/C12H10Cl2N2OS/c1-7-5-8(13)3-4-9(7)17-11-6-10(14)15-12(16-11)18-2/h3-6H,1-2H3. The van der Waals surface area contributed by atoms with Gasteiger partial charge in [-0.1, -0.05) is 35.0 Å². The summed E-state index contributed by atoms with van der Waals surface area (Å²) < 4.78 is 5.68. The van der Waals surface area contributed by atoms with E-state index in [0.29, 0.717) is 27.0 Å². The molecule has 1 aromatic heterocycles. The maximum Gasteiger partial charge on any atom is 0.224 e. The minimum Gasteiger partial charge on any atom is -0.439 e. The Kier molecular flexibility index (Phi) is 4.32. The first kappa shape index (κ1) is 13.5. The van der Waals surface area contributed by atoms with Gasteiger partial charge in [-0.05, 0) is 36.9 Å². The van der Waals surface area contributed by atoms with Gasteiger partial charge in [0.2, 0.25) is 5.88 Å². The summed E-state index contributed by atoms with van der Waals surface area (Å²) in [6.45, 7) is 1.92. The van der Waals surface area contributed by atoms with Crippen LogP contribution in [0.5, 0.6) is 11.6 Å². The van der Waals surface area contributed by atoms with Crippen LogP contribution in [0.3, 0.4) is 0 Å². The average molecular weight is 301 g/mol. The summed E-state index contributed by atoms with van der Waals surface area (Å²) in [6, 6.07) is 6.97. The van der Waals surface area contributed by atoms with Crippen molar-refractivity contribution in [2.24, 2.45) is 0 Å². The second kappa shape index (κ2) is 5.78. The fraction of sp³-hybridized carbons (Fsp3) is 0.167. The average Bonchev–Trinajstić information content (AvgIpc) is 2.32. The first-order valence-electron chi connectivity index (χ1n) is 5.11. The zero-order chi connectivity index (χ0) is 13.1. The van der Waals surface area contributed by atoms with Gasteiger partial charge in [-0.15, -0.1) is 0 Å². The highest BCUT2D eigenvalue weighted by Crippen LogP contribution is 2.28. The van der Waals surface area contributed by atoms with Crippen molar-refractivity contribution in [2.75, 3.05) is 6.26 Å². The number of benzene rings is 1. The van der Waals surface area contributed by atoms with Crippen LogP contribution in [0.15, 0.2) is 29.4 Å². The molecule has 0 saturated heterocycles. The number of halogens is 2. The Labute approximate surface area is 120 Å². The third-order valence-electron chi connectivity index (χ3n) is 2.18. The molecule has 0 aliphatic heterocycles. The van der Waals surface area contributed by atoms with Crippen molar-refractivity contribution in [2.45, 2.75) is 12.1 Å². The van der Waals surface area contributed by atoms with E-state index in [0.717, 1.165) is 5.56 Å². The maximum atomic E-state index is 5.89. The number of nitrogens with zero attached hydrogens (tertiary/aromatic N) is 2. The molecule has 2 rings (SSSR count). The predicted octanol–water partition coefficient (Wildman–Crippen LogP) is 4.61. The number of hydrogen-bond donors (Lipinski definition) is 0. The van der Waals surface area contributed by atoms with E-state index in [9.17, 15) is 0 Å². The molecule has 0 atom stereocenters. The van der Waals surface area contributed by atoms with E-state index in [2.05, 4.69) is 9.97 Å². The van der Waals surface area contributed by atoms with E-state index < -0.39 is 0 Å². The number of aromatic nitrogens is 2. The van der Waals surface area contributed by atoms with Crippen LogP contribution in [0.1, 0.15) is 5.56 Å². The minimum absolute atomic E-state index is 0.357. The van der Waals surface area contributed by atoms with Crippen molar-refractivity contribution in [3.05, 3.63) is 40.0 Å². The van der Waals surface area contributed by atoms with E-state index >= 15 is 0 Å². The van der Waals surface area contributed by atoms with Gasteiger partial charge in [0.25, 0.3) is 0 Å². The van der Waals surface area contributed by atoms with Crippen LogP contribution in [0.4, 0.5) is 0 Å². The predicted molar refractivity (Wildman–Crippen MR) is 75.1 cm³/mol. The van der Waals surface area contributed by atoms with Crippen LogP contribution in [0, 0.1) is 6.92 Å². The van der Waals surface area contributed by atoms with Crippen molar-refractivity contribution in [1.82, 2.24) is 9.97 Å². The van der Waals surface area contributed by atoms with Gasteiger partial charge in [0.1, 0.15) is 10.9 Å². The summed E-state index contributed by atoms with van der Waals surface area (Å²) in [5.41, 5.74) is 0.933. The van der Waals surface area contributed by atoms with Gasteiger partial charge in [0.05, 0.1) is 0 Å². The molecule has 18 heavy (non-hydrogen) atoms. The Bertz CT molecular complexity index is 578. The molecule has 1 aromatic carbocycles. The molecule has 0 saturated carbocycles. The van der Waals surface area contributed by atoms with Gasteiger partial charge < -0.3 is 4.74 Å². The zero-order valence-corrected chi connectivity index (χ0v) is 12.1. The lowest BCUT2D eigenvalue weighted by atomic mass is 10.2. The summed E-state index contributed by atoms with van der Waals surface area (Å²) >= 11 is 13.2. The summed E-state index contributed by atoms with van der Waals surface area (Å²) in [4.78, 5) is 8.27. The summed E-state index contributed by atoms with van der Waals surface area (Å²) in [7, 11) is 0. The molecule has 0 spiro atoms. The number of thioether (sulfide) groups is 1. The van der Waals surface area contributed by atoms with Crippen LogP contribution >= 0.6 is 35.0 Å². The molecular formula is C12H10Cl2N2OS. The van der Waals surface area contributed by atoms with E-state index in [1.165, 1.54) is 11.8 Å². The monoisotopic (exact) mass is 300 g/mol. The number of rotatable bonds is 3. The van der Waals surface area contributed by atoms with E-state index in [1.807, 2.05) is 19.2 Å². The summed E-state index contributed by atoms with van der Waals surface area (Å²) in [5, 5.41) is 1.60. The Morgan fingerprint density at radius 1 is 1.17 bits per heavy atom. The van der Waals surface area contributed by atoms with Crippen molar-refractivity contribution >= 4 is 35.0 Å². The number of aryl methyl sites for hydroxylation is 1. The van der Waals surface area contributed by atoms with Gasteiger partial charge in [0.15, 0.2) is 5.16 Å². The Hall–Kier alpha value is -0.970. The third kappa shape index (κ3) is 3.28. The minimum atomic E-state index is 0.357. The van der Waals surface area contributed by atoms with E-state index in [-0.39, 0.29) is 0 Å². The van der Waals surface area contributed by atoms with Crippen LogP contribution < -0.4 is 4.74 Å². The molecule has 0 radical (unpaired) electrons. The van der Waals surface area contributed by atoms with Crippen molar-refractivity contribution in [3.63, 3.8) is 0 Å². The van der Waals surface area contributed by atoms with Crippen molar-refractivity contribution < 1.29 is 4.74 Å². The van der Waals surface area contributed by atoms with E-state index in [4.69, 9.17) is 27.9 Å². The molecule has 0 amide bonds. The zero-order valence-electron chi connectivity index (χ0n) is 9.78. The van der Waals surface area contributed by atoms with Gasteiger partial charge in [-0.3, -0.25) is 0 Å². The van der Waals surface area contributed by atoms with Crippen LogP contribution in [0.2, 0.25) is 10.2 Å². The first-order valence-corrected chi connectivity index (χ1v) is 7.09. The second-order valence-electron chi connectivity index (χ2n) is 3.53. The summed E-state index contributed by atoms with van der Waals surface area (Å²) in [6.07, 6.45) is 1.88. The van der Waals surface area contributed by atoms with Crippen LogP contribution in [-0.4, -0.2) is 16.2 Å². The van der Waals surface area contributed by atoms with Gasteiger partial charge in [-0.25, -0.2) is 4.98 Å². The van der Waals surface area contributed by atoms with Gasteiger partial charge >= 0.3 is 0 Å². The van der Waals surface area contributed by atoms with Gasteiger partial charge in [-0.2, -0.15) is 4.98 Å². The molecular weight excluding hydrogens is 291 g/mol. The SMILES string of the molecule is CSc1nc(Cl)cc(Oc2ccc(Cl)cc2C)n1. The maximum absolute atomic E-state index is 5.89. The highest BCUT2D eigenvalue weighted by molar-refractivity contribution is 7.98. The molecule has 0 unspecified atom stereocenters. The highest BCUT2D eigenvalue weighted by Gasteiger charge is 2.07. The van der Waals surface area contributed by atoms with Crippen molar-refractivity contribution in [3.8, 4) is 11.6 Å². The first-order chi connectivity index (χ1) is 8.58. The van der Waals surface area contributed by atoms with Crippen molar-refractivity contribution in [1.29, 1.82) is 0 Å². The molecule has 0 aliphatic carbocycles. The highest BCUT2D eigenvalue weighted by atomic mass is 35.5. The topological polar surface area (TPSA) is 35.0 Å². The lowest BCUT2D eigenvalue weighted by Gasteiger charge is -2.08. The molecule has 0 aliphatic rings. The molecule has 2 aromatic rings. The Balaban J connectivity index is 2.30. The smallest absolute Gasteiger partial charge is 0.224 e. The molecule has 3 nitrogen and oxygen atoms in total. The quantitative estimate of drug-likeness (QED) is 0.471. The number of ether oxygens (including phenoxy) is 1. The second-order valence-corrected chi connectivity index (χ2v) is 5.12. The van der Waals surface area contributed by atoms with Gasteiger partial charge in [0, 0.05) is 11.1 Å². The fourth-order valence-corrected chi connectivity index (χ4v) is 2.18. The number of hydrogen-bond acceptors (Lipinski definition) is 4. The third-order valence-corrected chi connectivity index (χ3v) is 3.16. The molecule has 94 valence electrons. The lowest BCUT2D eigenvalue weighted by Crippen LogP contribution is -1.94. The largest absolute Gasteiger partial charge is 0.439 e. The molecule has 0 fully saturated rings. The van der Waals surface area contributed by atoms with E-state index in [1.54, 1.807) is 18.2 Å². The fourth-order valence-electron chi connectivity index (χ4n) is 1.36. The summed E-state index contributed by atoms with van der Waals surface area (Å²) in [5.74, 6) is 1.12. The molecule has 1 heterocycles. The normalized spacial score (nSPS) is 10.4. The Morgan fingerprint density at radius 2 is 1.94 bits per heavy atom. The molecule has 0 N–H and O–H groups in total. The Morgan fingerprint density at radius 3 is 2.61 bits per heavy atom. The molecule has 0 bridgehead atoms. The van der Waals surface area contributed by atoms with Crippen LogP contribution in [0.25, 0.3) is 0 Å². The lowest BCUT2D eigenvalue weighted by molar-refractivity contribution is 0.452. The van der Waals surface area contributed by atoms with Crippen LogP contribution in [-0.2, 0) is 0 Å². The molecule has 6 heteroatoms.